The Bertz CT molecular complexity index is 778. The molecule has 0 atom stereocenters. The molecule has 2 aromatic rings. The van der Waals surface area contributed by atoms with Crippen molar-refractivity contribution in [1.82, 2.24) is 0 Å². The van der Waals surface area contributed by atoms with Crippen molar-refractivity contribution >= 4 is 11.8 Å². The second-order valence-corrected chi connectivity index (χ2v) is 5.60. The van der Waals surface area contributed by atoms with Crippen LogP contribution in [0.4, 0.5) is 4.39 Å². The zero-order valence-electron chi connectivity index (χ0n) is 13.7. The molecule has 0 heterocycles. The predicted octanol–water partition coefficient (Wildman–Crippen LogP) is 4.31. The Labute approximate surface area is 135 Å². The van der Waals surface area contributed by atoms with E-state index in [1.54, 1.807) is 6.07 Å². The minimum Gasteiger partial charge on any atom is -0.457 e. The van der Waals surface area contributed by atoms with Gasteiger partial charge in [0.25, 0.3) is 0 Å². The van der Waals surface area contributed by atoms with Gasteiger partial charge in [-0.3, -0.25) is 4.79 Å². The first-order chi connectivity index (χ1) is 10.8. The number of Topliss-reactive ketones (excluding diaryl/α,β-unsaturated/α-hetero) is 1. The minimum absolute atomic E-state index is 0.00535. The molecule has 0 unspecified atom stereocenters. The molecule has 3 nitrogen and oxygen atoms in total. The Morgan fingerprint density at radius 2 is 1.74 bits per heavy atom. The molecule has 0 N–H and O–H groups in total. The molecular weight excluding hydrogens is 295 g/mol. The number of ether oxygens (including phenoxy) is 1. The lowest BCUT2D eigenvalue weighted by molar-refractivity contribution is 0.0466. The summed E-state index contributed by atoms with van der Waals surface area (Å²) in [6, 6.07) is 7.59. The van der Waals surface area contributed by atoms with Crippen LogP contribution in [0.2, 0.25) is 0 Å². The topological polar surface area (TPSA) is 43.4 Å². The maximum Gasteiger partial charge on any atom is 0.341 e. The predicted molar refractivity (Wildman–Crippen MR) is 86.2 cm³/mol. The first-order valence-electron chi connectivity index (χ1n) is 7.35. The number of carbonyl (C=O) groups excluding carboxylic acids is 2. The van der Waals surface area contributed by atoms with Crippen molar-refractivity contribution in [2.45, 2.75) is 34.3 Å². The van der Waals surface area contributed by atoms with Crippen LogP contribution in [0.5, 0.6) is 0 Å². The van der Waals surface area contributed by atoms with Gasteiger partial charge in [0.15, 0.2) is 5.78 Å². The van der Waals surface area contributed by atoms with Gasteiger partial charge >= 0.3 is 5.97 Å². The minimum atomic E-state index is -0.716. The highest BCUT2D eigenvalue weighted by Gasteiger charge is 2.17. The number of rotatable bonds is 4. The van der Waals surface area contributed by atoms with Gasteiger partial charge in [-0.2, -0.15) is 0 Å². The Kier molecular flexibility index (Phi) is 4.94. The normalized spacial score (nSPS) is 10.5. The number of benzene rings is 2. The second kappa shape index (κ2) is 6.73. The smallest absolute Gasteiger partial charge is 0.341 e. The third-order valence-corrected chi connectivity index (χ3v) is 3.92. The van der Waals surface area contributed by atoms with E-state index in [2.05, 4.69) is 0 Å². The summed E-state index contributed by atoms with van der Waals surface area (Å²) >= 11 is 0. The lowest BCUT2D eigenvalue weighted by Gasteiger charge is -2.16. The molecule has 0 spiro atoms. The number of hydrogen-bond acceptors (Lipinski definition) is 3. The molecule has 2 aromatic carbocycles. The summed E-state index contributed by atoms with van der Waals surface area (Å²) in [5, 5.41) is 0. The van der Waals surface area contributed by atoms with Gasteiger partial charge in [0, 0.05) is 5.56 Å². The molecule has 23 heavy (non-hydrogen) atoms. The van der Waals surface area contributed by atoms with Crippen molar-refractivity contribution in [2.75, 3.05) is 0 Å². The summed E-state index contributed by atoms with van der Waals surface area (Å²) in [7, 11) is 0. The number of aryl methyl sites for hydroxylation is 2. The van der Waals surface area contributed by atoms with Crippen LogP contribution in [0.3, 0.4) is 0 Å². The van der Waals surface area contributed by atoms with Crippen molar-refractivity contribution in [3.05, 3.63) is 69.5 Å². The summed E-state index contributed by atoms with van der Waals surface area (Å²) in [5.74, 6) is -1.35. The zero-order valence-corrected chi connectivity index (χ0v) is 13.7. The number of carbonyl (C=O) groups is 2. The molecule has 0 aliphatic rings. The van der Waals surface area contributed by atoms with Crippen LogP contribution >= 0.6 is 0 Å². The molecule has 0 radical (unpaired) electrons. The van der Waals surface area contributed by atoms with Gasteiger partial charge in [0.05, 0.1) is 5.56 Å². The molecule has 0 saturated heterocycles. The van der Waals surface area contributed by atoms with Gasteiger partial charge in [-0.05, 0) is 62.1 Å². The number of esters is 1. The number of ketones is 1. The monoisotopic (exact) mass is 314 g/mol. The van der Waals surface area contributed by atoms with Crippen molar-refractivity contribution < 1.29 is 18.7 Å². The fraction of sp³-hybridized carbons (Fsp3) is 0.263. The molecule has 4 heteroatoms. The second-order valence-electron chi connectivity index (χ2n) is 5.60. The van der Waals surface area contributed by atoms with E-state index < -0.39 is 11.8 Å². The van der Waals surface area contributed by atoms with Crippen LogP contribution in [-0.4, -0.2) is 11.8 Å². The molecule has 0 amide bonds. The summed E-state index contributed by atoms with van der Waals surface area (Å²) < 4.78 is 18.8. The number of halogens is 1. The highest BCUT2D eigenvalue weighted by atomic mass is 19.1. The molecule has 0 fully saturated rings. The fourth-order valence-electron chi connectivity index (χ4n) is 2.83. The highest BCUT2D eigenvalue weighted by Crippen LogP contribution is 2.24. The third kappa shape index (κ3) is 3.47. The van der Waals surface area contributed by atoms with E-state index in [0.29, 0.717) is 5.56 Å². The Morgan fingerprint density at radius 3 is 2.35 bits per heavy atom. The quantitative estimate of drug-likeness (QED) is 0.624. The molecule has 0 aromatic heterocycles. The summed E-state index contributed by atoms with van der Waals surface area (Å²) in [4.78, 5) is 23.8. The van der Waals surface area contributed by atoms with Crippen molar-refractivity contribution in [3.8, 4) is 0 Å². The van der Waals surface area contributed by atoms with Crippen LogP contribution in [-0.2, 0) is 11.3 Å². The first-order valence-corrected chi connectivity index (χ1v) is 7.35. The van der Waals surface area contributed by atoms with Crippen molar-refractivity contribution in [2.24, 2.45) is 0 Å². The maximum atomic E-state index is 13.6. The zero-order chi connectivity index (χ0) is 17.1. The maximum absolute atomic E-state index is 13.6. The molecule has 120 valence electrons. The van der Waals surface area contributed by atoms with E-state index in [4.69, 9.17) is 4.74 Å². The van der Waals surface area contributed by atoms with Crippen LogP contribution in [0.1, 0.15) is 49.9 Å². The van der Waals surface area contributed by atoms with Gasteiger partial charge in [-0.25, -0.2) is 9.18 Å². The standard InChI is InChI=1S/C19H19FO3/c1-11-9-12(2)18(14(4)21)13(3)16(11)10-23-19(22)15-7-5-6-8-17(15)20/h5-9H,10H2,1-4H3. The van der Waals surface area contributed by atoms with E-state index in [0.717, 1.165) is 22.3 Å². The largest absolute Gasteiger partial charge is 0.457 e. The van der Waals surface area contributed by atoms with E-state index in [1.807, 2.05) is 26.8 Å². The van der Waals surface area contributed by atoms with Crippen LogP contribution in [0, 0.1) is 26.6 Å². The summed E-state index contributed by atoms with van der Waals surface area (Å²) in [6.45, 7) is 7.14. The summed E-state index contributed by atoms with van der Waals surface area (Å²) in [6.07, 6.45) is 0. The lowest BCUT2D eigenvalue weighted by atomic mass is 9.92. The Hall–Kier alpha value is -2.49. The van der Waals surface area contributed by atoms with Crippen molar-refractivity contribution in [3.63, 3.8) is 0 Å². The molecule has 0 bridgehead atoms. The average Bonchev–Trinajstić information content (AvgIpc) is 2.46. The first kappa shape index (κ1) is 16.9. The fourth-order valence-corrected chi connectivity index (χ4v) is 2.83. The third-order valence-electron chi connectivity index (χ3n) is 3.92. The molecule has 2 rings (SSSR count). The molecule has 0 aliphatic carbocycles. The lowest BCUT2D eigenvalue weighted by Crippen LogP contribution is -2.11. The van der Waals surface area contributed by atoms with Crippen LogP contribution in [0.15, 0.2) is 30.3 Å². The van der Waals surface area contributed by atoms with Gasteiger partial charge < -0.3 is 4.74 Å². The van der Waals surface area contributed by atoms with Gasteiger partial charge in [0.1, 0.15) is 12.4 Å². The molecule has 0 saturated carbocycles. The number of hydrogen-bond donors (Lipinski definition) is 0. The molecular formula is C19H19FO3. The highest BCUT2D eigenvalue weighted by molar-refractivity contribution is 5.97. The van der Waals surface area contributed by atoms with Crippen LogP contribution < -0.4 is 0 Å². The van der Waals surface area contributed by atoms with E-state index in [9.17, 15) is 14.0 Å². The van der Waals surface area contributed by atoms with Gasteiger partial charge in [-0.1, -0.05) is 18.2 Å². The molecule has 0 aliphatic heterocycles. The Balaban J connectivity index is 2.28. The average molecular weight is 314 g/mol. The van der Waals surface area contributed by atoms with E-state index >= 15 is 0 Å². The van der Waals surface area contributed by atoms with Crippen molar-refractivity contribution in [1.29, 1.82) is 0 Å². The van der Waals surface area contributed by atoms with Crippen LogP contribution in [0.25, 0.3) is 0 Å². The summed E-state index contributed by atoms with van der Waals surface area (Å²) in [5.41, 5.74) is 3.97. The van der Waals surface area contributed by atoms with E-state index in [1.165, 1.54) is 25.1 Å². The Morgan fingerprint density at radius 1 is 1.09 bits per heavy atom. The van der Waals surface area contributed by atoms with Gasteiger partial charge in [-0.15, -0.1) is 0 Å². The SMILES string of the molecule is CC(=O)c1c(C)cc(C)c(COC(=O)c2ccccc2F)c1C. The van der Waals surface area contributed by atoms with Gasteiger partial charge in [0.2, 0.25) is 0 Å². The van der Waals surface area contributed by atoms with E-state index in [-0.39, 0.29) is 18.0 Å².